The van der Waals surface area contributed by atoms with Gasteiger partial charge in [0.15, 0.2) is 0 Å². The first kappa shape index (κ1) is 15.7. The highest BCUT2D eigenvalue weighted by atomic mass is 32.2. The molecule has 1 saturated carbocycles. The zero-order valence-corrected chi connectivity index (χ0v) is 12.2. The second-order valence-corrected chi connectivity index (χ2v) is 7.24. The predicted molar refractivity (Wildman–Crippen MR) is 66.6 cm³/mol. The van der Waals surface area contributed by atoms with E-state index in [1.807, 2.05) is 6.07 Å². The third-order valence-corrected chi connectivity index (χ3v) is 3.08. The molecule has 8 heteroatoms. The first-order valence-corrected chi connectivity index (χ1v) is 7.56. The molecule has 1 rings (SSSR count). The molecule has 2 atom stereocenters. The lowest BCUT2D eigenvalue weighted by Crippen LogP contribution is -2.41. The van der Waals surface area contributed by atoms with Crippen molar-refractivity contribution in [2.45, 2.75) is 38.3 Å². The van der Waals surface area contributed by atoms with Crippen molar-refractivity contribution in [2.24, 2.45) is 5.92 Å². The summed E-state index contributed by atoms with van der Waals surface area (Å²) in [7, 11) is -3.55. The largest absolute Gasteiger partial charge is 0.444 e. The molecule has 0 bridgehead atoms. The standard InChI is InChI=1S/C11H18N2O5S/c1-10(2,3)18-9(14)13-11(7-12)5-8(11)6-17-19(4,15)16/h8H,5-6H2,1-4H3,(H,13,14)/t8-,11-/m0/s1. The second kappa shape index (κ2) is 4.98. The first-order chi connectivity index (χ1) is 8.47. The van der Waals surface area contributed by atoms with Crippen molar-refractivity contribution in [3.05, 3.63) is 0 Å². The van der Waals surface area contributed by atoms with Crippen molar-refractivity contribution in [3.63, 3.8) is 0 Å². The molecule has 7 nitrogen and oxygen atoms in total. The van der Waals surface area contributed by atoms with E-state index in [1.165, 1.54) is 0 Å². The van der Waals surface area contributed by atoms with E-state index >= 15 is 0 Å². The smallest absolute Gasteiger partial charge is 0.408 e. The number of carbonyl (C=O) groups is 1. The summed E-state index contributed by atoms with van der Waals surface area (Å²) in [6.45, 7) is 5.01. The molecule has 0 aromatic rings. The van der Waals surface area contributed by atoms with Crippen LogP contribution in [0.1, 0.15) is 27.2 Å². The molecular weight excluding hydrogens is 272 g/mol. The van der Waals surface area contributed by atoms with Crippen molar-refractivity contribution in [2.75, 3.05) is 12.9 Å². The van der Waals surface area contributed by atoms with Crippen molar-refractivity contribution in [1.82, 2.24) is 5.32 Å². The van der Waals surface area contributed by atoms with Crippen LogP contribution in [0.3, 0.4) is 0 Å². The number of ether oxygens (including phenoxy) is 1. The molecule has 0 spiro atoms. The number of nitriles is 1. The third kappa shape index (κ3) is 5.04. The van der Waals surface area contributed by atoms with Gasteiger partial charge in [0, 0.05) is 5.92 Å². The molecule has 0 saturated heterocycles. The van der Waals surface area contributed by atoms with Crippen LogP contribution in [0.2, 0.25) is 0 Å². The van der Waals surface area contributed by atoms with E-state index in [0.29, 0.717) is 6.42 Å². The minimum atomic E-state index is -3.55. The fourth-order valence-corrected chi connectivity index (χ4v) is 1.95. The third-order valence-electron chi connectivity index (χ3n) is 2.51. The number of nitrogens with one attached hydrogen (secondary N) is 1. The average Bonchev–Trinajstić information content (AvgIpc) is 2.85. The molecular formula is C11H18N2O5S. The summed E-state index contributed by atoms with van der Waals surface area (Å²) >= 11 is 0. The van der Waals surface area contributed by atoms with Crippen LogP contribution in [0.4, 0.5) is 4.79 Å². The summed E-state index contributed by atoms with van der Waals surface area (Å²) in [5, 5.41) is 11.5. The number of hydrogen-bond donors (Lipinski definition) is 1. The van der Waals surface area contributed by atoms with Gasteiger partial charge in [0.2, 0.25) is 0 Å². The van der Waals surface area contributed by atoms with E-state index in [4.69, 9.17) is 10.00 Å². The summed E-state index contributed by atoms with van der Waals surface area (Å²) in [6, 6.07) is 1.97. The Morgan fingerprint density at radius 1 is 1.53 bits per heavy atom. The summed E-state index contributed by atoms with van der Waals surface area (Å²) in [6.07, 6.45) is 0.583. The predicted octanol–water partition coefficient (Wildman–Crippen LogP) is 0.770. The Balaban J connectivity index is 2.53. The fourth-order valence-electron chi connectivity index (χ4n) is 1.54. The average molecular weight is 290 g/mol. The molecule has 0 aromatic carbocycles. The first-order valence-electron chi connectivity index (χ1n) is 5.74. The lowest BCUT2D eigenvalue weighted by molar-refractivity contribution is 0.0504. The zero-order valence-electron chi connectivity index (χ0n) is 11.4. The Morgan fingerprint density at radius 2 is 2.11 bits per heavy atom. The molecule has 1 fully saturated rings. The Bertz CT molecular complexity index is 502. The lowest BCUT2D eigenvalue weighted by atomic mass is 10.2. The van der Waals surface area contributed by atoms with Gasteiger partial charge in [-0.3, -0.25) is 4.18 Å². The van der Waals surface area contributed by atoms with Gasteiger partial charge >= 0.3 is 6.09 Å². The van der Waals surface area contributed by atoms with Crippen LogP contribution < -0.4 is 5.32 Å². The molecule has 1 amide bonds. The zero-order chi connectivity index (χ0) is 14.9. The highest BCUT2D eigenvalue weighted by Crippen LogP contribution is 2.43. The van der Waals surface area contributed by atoms with Crippen LogP contribution in [0.25, 0.3) is 0 Å². The Labute approximate surface area is 113 Å². The maximum Gasteiger partial charge on any atom is 0.408 e. The van der Waals surface area contributed by atoms with E-state index in [2.05, 4.69) is 9.50 Å². The highest BCUT2D eigenvalue weighted by molar-refractivity contribution is 7.85. The Hall–Kier alpha value is -1.33. The summed E-state index contributed by atoms with van der Waals surface area (Å²) in [4.78, 5) is 11.6. The van der Waals surface area contributed by atoms with Crippen LogP contribution in [-0.2, 0) is 19.0 Å². The van der Waals surface area contributed by atoms with Crippen molar-refractivity contribution in [1.29, 1.82) is 5.26 Å². The van der Waals surface area contributed by atoms with Crippen LogP contribution in [0.15, 0.2) is 0 Å². The van der Waals surface area contributed by atoms with Gasteiger partial charge in [-0.15, -0.1) is 0 Å². The summed E-state index contributed by atoms with van der Waals surface area (Å²) in [5.74, 6) is -0.347. The van der Waals surface area contributed by atoms with Gasteiger partial charge in [-0.1, -0.05) is 0 Å². The molecule has 0 radical (unpaired) electrons. The second-order valence-electron chi connectivity index (χ2n) is 5.60. The van der Waals surface area contributed by atoms with Crippen molar-refractivity contribution < 1.29 is 22.1 Å². The monoisotopic (exact) mass is 290 g/mol. The van der Waals surface area contributed by atoms with E-state index in [0.717, 1.165) is 6.26 Å². The number of amides is 1. The van der Waals surface area contributed by atoms with Gasteiger partial charge in [0.1, 0.15) is 11.1 Å². The SMILES string of the molecule is CC(C)(C)OC(=O)N[C@]1(C#N)C[C@H]1COS(C)(=O)=O. The molecule has 108 valence electrons. The van der Waals surface area contributed by atoms with Crippen molar-refractivity contribution in [3.8, 4) is 6.07 Å². The molecule has 0 aliphatic heterocycles. The van der Waals surface area contributed by atoms with E-state index < -0.39 is 27.4 Å². The number of nitrogens with zero attached hydrogens (tertiary/aromatic N) is 1. The minimum Gasteiger partial charge on any atom is -0.444 e. The van der Waals surface area contributed by atoms with Gasteiger partial charge in [-0.2, -0.15) is 13.7 Å². The minimum absolute atomic E-state index is 0.123. The molecule has 1 N–H and O–H groups in total. The number of alkyl carbamates (subject to hydrolysis) is 1. The normalized spacial score (nSPS) is 26.4. The summed E-state index contributed by atoms with van der Waals surface area (Å²) in [5.41, 5.74) is -1.75. The maximum absolute atomic E-state index is 11.6. The Kier molecular flexibility index (Phi) is 4.12. The van der Waals surface area contributed by atoms with Crippen LogP contribution in [0.5, 0.6) is 0 Å². The van der Waals surface area contributed by atoms with Gasteiger partial charge < -0.3 is 10.1 Å². The lowest BCUT2D eigenvalue weighted by Gasteiger charge is -2.21. The van der Waals surface area contributed by atoms with Gasteiger partial charge in [0.05, 0.1) is 18.9 Å². The van der Waals surface area contributed by atoms with E-state index in [1.54, 1.807) is 20.8 Å². The molecule has 19 heavy (non-hydrogen) atoms. The molecule has 0 aromatic heterocycles. The fraction of sp³-hybridized carbons (Fsp3) is 0.818. The number of hydrogen-bond acceptors (Lipinski definition) is 6. The summed E-state index contributed by atoms with van der Waals surface area (Å²) < 4.78 is 31.4. The van der Waals surface area contributed by atoms with Crippen LogP contribution >= 0.6 is 0 Å². The maximum atomic E-state index is 11.6. The Morgan fingerprint density at radius 3 is 2.53 bits per heavy atom. The van der Waals surface area contributed by atoms with Crippen LogP contribution in [-0.4, -0.2) is 38.5 Å². The number of rotatable bonds is 4. The van der Waals surface area contributed by atoms with Crippen molar-refractivity contribution >= 4 is 16.2 Å². The molecule has 1 aliphatic rings. The highest BCUT2D eigenvalue weighted by Gasteiger charge is 2.57. The van der Waals surface area contributed by atoms with E-state index in [-0.39, 0.29) is 12.5 Å². The van der Waals surface area contributed by atoms with Gasteiger partial charge in [-0.25, -0.2) is 4.79 Å². The van der Waals surface area contributed by atoms with Crippen LogP contribution in [0, 0.1) is 17.2 Å². The van der Waals surface area contributed by atoms with Gasteiger partial charge in [-0.05, 0) is 27.2 Å². The molecule has 1 aliphatic carbocycles. The van der Waals surface area contributed by atoms with Gasteiger partial charge in [0.25, 0.3) is 10.1 Å². The number of carbonyl (C=O) groups excluding carboxylic acids is 1. The quantitative estimate of drug-likeness (QED) is 0.767. The van der Waals surface area contributed by atoms with E-state index in [9.17, 15) is 13.2 Å². The molecule has 0 unspecified atom stereocenters. The molecule has 0 heterocycles. The topological polar surface area (TPSA) is 105 Å².